The molecule has 0 aromatic carbocycles. The van der Waals surface area contributed by atoms with Crippen molar-refractivity contribution < 1.29 is 37.1 Å². The average molecular weight is 580 g/mol. The number of hydrogen-bond acceptors (Lipinski definition) is 5. The number of hydrazine groups is 1. The molecule has 0 aromatic rings. The third kappa shape index (κ3) is 6.96. The summed E-state index contributed by atoms with van der Waals surface area (Å²) >= 11 is 5.40. The summed E-state index contributed by atoms with van der Waals surface area (Å²) < 4.78 is 40.0. The van der Waals surface area contributed by atoms with Crippen LogP contribution in [0.1, 0.15) is 60.3 Å². The van der Waals surface area contributed by atoms with Crippen LogP contribution in [0, 0.1) is 23.2 Å². The van der Waals surface area contributed by atoms with Gasteiger partial charge < -0.3 is 15.5 Å². The van der Waals surface area contributed by atoms with Crippen LogP contribution in [0.4, 0.5) is 13.2 Å². The summed E-state index contributed by atoms with van der Waals surface area (Å²) in [5.41, 5.74) is -1.63. The van der Waals surface area contributed by atoms with Gasteiger partial charge in [0.05, 0.1) is 12.5 Å². The van der Waals surface area contributed by atoms with E-state index < -0.39 is 64.6 Å². The molecule has 14 heteroatoms. The van der Waals surface area contributed by atoms with E-state index in [1.807, 2.05) is 0 Å². The van der Waals surface area contributed by atoms with Gasteiger partial charge >= 0.3 is 6.43 Å². The highest BCUT2D eigenvalue weighted by atomic mass is 35.5. The van der Waals surface area contributed by atoms with Crippen LogP contribution in [0.3, 0.4) is 0 Å². The number of halogens is 4. The Morgan fingerprint density at radius 1 is 1.18 bits per heavy atom. The van der Waals surface area contributed by atoms with Crippen LogP contribution in [0.2, 0.25) is 0 Å². The zero-order chi connectivity index (χ0) is 29.4. The topological polar surface area (TPSA) is 128 Å². The number of rotatable bonds is 7. The summed E-state index contributed by atoms with van der Waals surface area (Å²) in [6, 6.07) is -2.45. The fourth-order valence-corrected chi connectivity index (χ4v) is 6.08. The van der Waals surface area contributed by atoms with E-state index in [-0.39, 0.29) is 30.8 Å². The van der Waals surface area contributed by atoms with Crippen molar-refractivity contribution in [2.24, 2.45) is 23.2 Å². The lowest BCUT2D eigenvalue weighted by Gasteiger charge is -2.37. The minimum atomic E-state index is -3.33. The molecule has 3 aliphatic rings. The fourth-order valence-electron chi connectivity index (χ4n) is 5.96. The number of carbonyl (C=O) groups is 5. The molecule has 220 valence electrons. The summed E-state index contributed by atoms with van der Waals surface area (Å²) in [6.45, 7) is 8.20. The number of hydrogen-bond donors (Lipinski definition) is 3. The molecular formula is C25H37ClF3N5O5. The van der Waals surface area contributed by atoms with Crippen molar-refractivity contribution in [3.8, 4) is 0 Å². The molecule has 1 aliphatic carbocycles. The lowest BCUT2D eigenvalue weighted by molar-refractivity contribution is -0.151. The Balaban J connectivity index is 1.87. The number of carbonyl (C=O) groups excluding carboxylic acids is 5. The van der Waals surface area contributed by atoms with Crippen LogP contribution in [-0.4, -0.2) is 82.2 Å². The van der Waals surface area contributed by atoms with E-state index in [2.05, 4.69) is 16.1 Å². The fraction of sp³-hybridized carbons (Fsp3) is 0.800. The summed E-state index contributed by atoms with van der Waals surface area (Å²) in [7, 11) is 0. The molecule has 39 heavy (non-hydrogen) atoms. The number of fused-ring (bicyclic) bond motifs is 1. The number of nitrogens with one attached hydrogen (secondary N) is 3. The molecule has 0 bridgehead atoms. The molecule has 0 spiro atoms. The van der Waals surface area contributed by atoms with Gasteiger partial charge in [-0.15, -0.1) is 0 Å². The Hall–Kier alpha value is -2.57. The first-order valence-electron chi connectivity index (χ1n) is 13.0. The van der Waals surface area contributed by atoms with Crippen molar-refractivity contribution in [2.75, 3.05) is 13.1 Å². The maximum Gasteiger partial charge on any atom is 0.315 e. The van der Waals surface area contributed by atoms with Gasteiger partial charge in [0.15, 0.2) is 0 Å². The van der Waals surface area contributed by atoms with Gasteiger partial charge in [-0.05, 0) is 50.4 Å². The van der Waals surface area contributed by atoms with Gasteiger partial charge in [0.25, 0.3) is 23.4 Å². The van der Waals surface area contributed by atoms with Gasteiger partial charge in [-0.3, -0.25) is 29.4 Å². The summed E-state index contributed by atoms with van der Waals surface area (Å²) in [6.07, 6.45) is -0.873. The minimum Gasteiger partial charge on any atom is -0.351 e. The first-order chi connectivity index (χ1) is 17.9. The van der Waals surface area contributed by atoms with E-state index in [4.69, 9.17) is 11.6 Å². The molecule has 10 nitrogen and oxygen atoms in total. The average Bonchev–Trinajstić information content (AvgIpc) is 3.46. The molecule has 3 rings (SSSR count). The van der Waals surface area contributed by atoms with Gasteiger partial charge in [-0.1, -0.05) is 38.8 Å². The van der Waals surface area contributed by atoms with Gasteiger partial charge in [-0.2, -0.15) is 8.78 Å². The second-order valence-corrected chi connectivity index (χ2v) is 12.8. The molecule has 5 amide bonds. The van der Waals surface area contributed by atoms with Crippen LogP contribution < -0.4 is 16.1 Å². The SMILES string of the molecule is CC1(C)C[C@H](CN(NC(=O)[C@@H]2[C@H]3CCC[C@H]3CN2C(=O)C(NC(=O)C(F)F)C(C)(C)C)C(=O)[C@H](F)Cl)C(=O)N1. The molecule has 0 radical (unpaired) electrons. The van der Waals surface area contributed by atoms with Gasteiger partial charge in [-0.25, -0.2) is 9.40 Å². The molecule has 2 heterocycles. The van der Waals surface area contributed by atoms with Gasteiger partial charge in [0.1, 0.15) is 12.1 Å². The molecule has 2 aliphatic heterocycles. The zero-order valence-electron chi connectivity index (χ0n) is 22.7. The van der Waals surface area contributed by atoms with E-state index >= 15 is 0 Å². The predicted molar refractivity (Wildman–Crippen MR) is 135 cm³/mol. The predicted octanol–water partition coefficient (Wildman–Crippen LogP) is 1.72. The maximum atomic E-state index is 13.9. The summed E-state index contributed by atoms with van der Waals surface area (Å²) in [4.78, 5) is 65.4. The Kier molecular flexibility index (Phi) is 9.13. The van der Waals surface area contributed by atoms with Crippen molar-refractivity contribution in [1.29, 1.82) is 0 Å². The van der Waals surface area contributed by atoms with Crippen LogP contribution in [0.25, 0.3) is 0 Å². The van der Waals surface area contributed by atoms with Crippen molar-refractivity contribution in [1.82, 2.24) is 26.0 Å². The largest absolute Gasteiger partial charge is 0.351 e. The highest BCUT2D eigenvalue weighted by molar-refractivity contribution is 6.29. The second kappa shape index (κ2) is 11.5. The highest BCUT2D eigenvalue weighted by Gasteiger charge is 2.52. The van der Waals surface area contributed by atoms with Crippen LogP contribution >= 0.6 is 11.6 Å². The summed E-state index contributed by atoms with van der Waals surface area (Å²) in [5, 5.41) is 5.55. The van der Waals surface area contributed by atoms with E-state index in [0.717, 1.165) is 12.8 Å². The highest BCUT2D eigenvalue weighted by Crippen LogP contribution is 2.43. The third-order valence-corrected chi connectivity index (χ3v) is 7.92. The van der Waals surface area contributed by atoms with Crippen molar-refractivity contribution in [3.63, 3.8) is 0 Å². The number of alkyl halides is 4. The summed E-state index contributed by atoms with van der Waals surface area (Å²) in [5.74, 6) is -5.81. The van der Waals surface area contributed by atoms with Crippen LogP contribution in [0.15, 0.2) is 0 Å². The lowest BCUT2D eigenvalue weighted by atomic mass is 9.85. The van der Waals surface area contributed by atoms with E-state index in [0.29, 0.717) is 17.9 Å². The first kappa shape index (κ1) is 31.0. The maximum absolute atomic E-state index is 13.9. The minimum absolute atomic E-state index is 0.0522. The Bertz CT molecular complexity index is 1010. The first-order valence-corrected chi connectivity index (χ1v) is 13.5. The standard InChI is InChI=1S/C25H37ClF3N5O5/c1-24(2,3)16(30-21(37)18(28)29)22(38)33-10-12-7-6-8-14(12)15(33)20(36)32-34(23(39)17(26)27)11-13-9-25(4,5)31-19(13)35/h12-18H,6-11H2,1-5H3,(H,30,37)(H,31,35)(H,32,36)/t12-,13+,14-,15-,16?,17-/m0/s1. The number of amides is 5. The molecule has 1 unspecified atom stereocenters. The van der Waals surface area contributed by atoms with Crippen LogP contribution in [0.5, 0.6) is 0 Å². The number of likely N-dealkylation sites (tertiary alicyclic amines) is 1. The normalized spacial score (nSPS) is 27.5. The smallest absolute Gasteiger partial charge is 0.315 e. The second-order valence-electron chi connectivity index (χ2n) is 12.4. The Labute approximate surface area is 230 Å². The quantitative estimate of drug-likeness (QED) is 0.313. The van der Waals surface area contributed by atoms with Crippen molar-refractivity contribution >= 4 is 41.1 Å². The molecule has 1 saturated carbocycles. The molecule has 3 N–H and O–H groups in total. The van der Waals surface area contributed by atoms with Gasteiger partial charge in [0, 0.05) is 12.1 Å². The molecule has 0 aromatic heterocycles. The van der Waals surface area contributed by atoms with Crippen molar-refractivity contribution in [3.05, 3.63) is 0 Å². The Morgan fingerprint density at radius 2 is 1.82 bits per heavy atom. The van der Waals surface area contributed by atoms with E-state index in [1.165, 1.54) is 4.90 Å². The Morgan fingerprint density at radius 3 is 2.33 bits per heavy atom. The molecular weight excluding hydrogens is 543 g/mol. The number of nitrogens with zero attached hydrogens (tertiary/aromatic N) is 2. The van der Waals surface area contributed by atoms with Crippen molar-refractivity contribution in [2.45, 2.75) is 90.0 Å². The van der Waals surface area contributed by atoms with E-state index in [1.54, 1.807) is 34.6 Å². The molecule has 6 atom stereocenters. The monoisotopic (exact) mass is 579 g/mol. The zero-order valence-corrected chi connectivity index (χ0v) is 23.5. The lowest BCUT2D eigenvalue weighted by Crippen LogP contribution is -2.61. The third-order valence-electron chi connectivity index (χ3n) is 7.73. The van der Waals surface area contributed by atoms with Gasteiger partial charge in [0.2, 0.25) is 11.8 Å². The van der Waals surface area contributed by atoms with E-state index in [9.17, 15) is 37.1 Å². The molecule has 3 fully saturated rings. The molecule has 2 saturated heterocycles. The van der Waals surface area contributed by atoms with Crippen LogP contribution in [-0.2, 0) is 24.0 Å².